The highest BCUT2D eigenvalue weighted by Gasteiger charge is 2.51. The van der Waals surface area contributed by atoms with Gasteiger partial charge in [-0.25, -0.2) is 14.4 Å². The van der Waals surface area contributed by atoms with Crippen LogP contribution < -0.4 is 57.7 Å². The maximum Gasteiger partial charge on any atom is 0.407 e. The average Bonchev–Trinajstić information content (AvgIpc) is 1.00. The molecule has 11 amide bonds. The van der Waals surface area contributed by atoms with Crippen molar-refractivity contribution in [3.05, 3.63) is 75.3 Å². The number of carboxylic acid groups (broad SMARTS) is 1. The molecular formula is C72H96N10O28S. The SMILES string of the molecule is COc1cccc2c1C(=O)c1c(O)c3c(c(O)c1C2=O)C[C@@](O)(C(=O)CO)C[C@@H]3O[C@H]1C[C@H](NC(=O)OCc2ccc(NC(=O)[C@H](CCCNC(N)=O)NC(=O)[C@@H](NC(C)=O)C(C)C)cc2OCC(=O)NCCCOCCOCCOCCCNC(=O)CCN2C(=O)CC(SC[C@H](NC(C)=O)C(=O)O)C2=O)[C@H](O)[C@H](C)O1. The van der Waals surface area contributed by atoms with Gasteiger partial charge in [-0.1, -0.05) is 26.0 Å². The second kappa shape index (κ2) is 41.8. The number of aliphatic hydroxyl groups is 3. The fourth-order valence-corrected chi connectivity index (χ4v) is 13.8. The number of ether oxygens (including phenoxy) is 8. The molecule has 0 spiro atoms. The van der Waals surface area contributed by atoms with Crippen LogP contribution in [0.3, 0.4) is 0 Å². The third-order valence-electron chi connectivity index (χ3n) is 18.2. The van der Waals surface area contributed by atoms with Gasteiger partial charge < -0.3 is 117 Å². The number of aliphatic carboxylic acids is 1. The summed E-state index contributed by atoms with van der Waals surface area (Å²) in [6, 6.07) is 2.67. The highest BCUT2D eigenvalue weighted by atomic mass is 32.2. The molecule has 3 aromatic rings. The van der Waals surface area contributed by atoms with E-state index in [2.05, 4.69) is 42.5 Å². The molecule has 4 aliphatic rings. The summed E-state index contributed by atoms with van der Waals surface area (Å²) in [6.07, 6.45) is -8.03. The molecule has 2 fully saturated rings. The number of amides is 11. The Morgan fingerprint density at radius 3 is 2.05 bits per heavy atom. The van der Waals surface area contributed by atoms with E-state index < -0.39 is 210 Å². The number of likely N-dealkylation sites (tertiary alicyclic amines) is 1. The van der Waals surface area contributed by atoms with Gasteiger partial charge in [0.25, 0.3) is 5.91 Å². The van der Waals surface area contributed by atoms with Crippen LogP contribution in [0.5, 0.6) is 23.0 Å². The number of thioether (sulfide) groups is 1. The van der Waals surface area contributed by atoms with E-state index in [1.807, 2.05) is 0 Å². The lowest BCUT2D eigenvalue weighted by Crippen LogP contribution is -2.56. The molecule has 1 unspecified atom stereocenters. The summed E-state index contributed by atoms with van der Waals surface area (Å²) in [6.45, 7) is 6.50. The first kappa shape index (κ1) is 88.1. The van der Waals surface area contributed by atoms with Crippen LogP contribution in [0.1, 0.15) is 141 Å². The lowest BCUT2D eigenvalue weighted by Gasteiger charge is -2.42. The van der Waals surface area contributed by atoms with Gasteiger partial charge in [0.05, 0.1) is 73.7 Å². The molecule has 10 atom stereocenters. The van der Waals surface area contributed by atoms with Crippen LogP contribution in [0.4, 0.5) is 15.3 Å². The van der Waals surface area contributed by atoms with E-state index in [0.29, 0.717) is 19.4 Å². The molecule has 7 rings (SSSR count). The summed E-state index contributed by atoms with van der Waals surface area (Å²) in [4.78, 5) is 181. The number of nitrogens with one attached hydrogen (secondary N) is 8. The molecule has 3 aromatic carbocycles. The Labute approximate surface area is 641 Å². The Balaban J connectivity index is 0.914. The van der Waals surface area contributed by atoms with Gasteiger partial charge in [-0.2, -0.15) is 0 Å². The Kier molecular flexibility index (Phi) is 33.2. The number of nitrogens with zero attached hydrogens (tertiary/aromatic N) is 1. The Bertz CT molecular complexity index is 3940. The molecule has 2 heterocycles. The van der Waals surface area contributed by atoms with E-state index in [-0.39, 0.29) is 136 Å². The molecule has 0 bridgehead atoms. The predicted molar refractivity (Wildman–Crippen MR) is 388 cm³/mol. The molecule has 0 aromatic heterocycles. The number of rotatable bonds is 43. The van der Waals surface area contributed by atoms with Gasteiger partial charge in [0.15, 0.2) is 24.5 Å². The normalized spacial score (nSPS) is 19.9. The molecule has 2 aliphatic heterocycles. The molecule has 16 N–H and O–H groups in total. The number of urea groups is 1. The number of aliphatic hydroxyl groups excluding tert-OH is 2. The summed E-state index contributed by atoms with van der Waals surface area (Å²) in [5.74, 6) is -11.0. The number of hydrogen-bond donors (Lipinski definition) is 15. The fourth-order valence-electron chi connectivity index (χ4n) is 12.6. The maximum atomic E-state index is 14.2. The van der Waals surface area contributed by atoms with E-state index in [0.717, 1.165) is 23.6 Å². The van der Waals surface area contributed by atoms with Crippen molar-refractivity contribution in [2.75, 3.05) is 97.2 Å². The van der Waals surface area contributed by atoms with Gasteiger partial charge in [0.2, 0.25) is 47.1 Å². The number of ketones is 3. The van der Waals surface area contributed by atoms with Crippen molar-refractivity contribution in [1.29, 1.82) is 0 Å². The number of Topliss-reactive ketones (excluding diaryl/α,β-unsaturated/α-hetero) is 1. The molecular weight excluding hydrogens is 1480 g/mol. The van der Waals surface area contributed by atoms with Crippen molar-refractivity contribution in [1.82, 2.24) is 42.1 Å². The smallest absolute Gasteiger partial charge is 0.407 e. The van der Waals surface area contributed by atoms with Gasteiger partial charge in [0, 0.05) is 125 Å². The number of hydrogen-bond acceptors (Lipinski definition) is 28. The number of alkyl carbamates (subject to hydrolysis) is 1. The Morgan fingerprint density at radius 2 is 1.42 bits per heavy atom. The van der Waals surface area contributed by atoms with E-state index in [1.165, 1.54) is 57.4 Å². The number of carboxylic acids is 1. The molecule has 111 heavy (non-hydrogen) atoms. The van der Waals surface area contributed by atoms with Crippen molar-refractivity contribution in [3.8, 4) is 23.0 Å². The summed E-state index contributed by atoms with van der Waals surface area (Å²) in [7, 11) is 1.26. The number of fused-ring (bicyclic) bond motifs is 3. The van der Waals surface area contributed by atoms with E-state index in [9.17, 15) is 97.8 Å². The number of methoxy groups -OCH3 is 1. The van der Waals surface area contributed by atoms with E-state index in [1.54, 1.807) is 13.8 Å². The second-order valence-electron chi connectivity index (χ2n) is 26.8. The number of benzene rings is 3. The molecule has 2 aliphatic carbocycles. The van der Waals surface area contributed by atoms with Crippen molar-refractivity contribution in [2.24, 2.45) is 11.7 Å². The van der Waals surface area contributed by atoms with Crippen LogP contribution in [-0.4, -0.2) is 264 Å². The van der Waals surface area contributed by atoms with Gasteiger partial charge in [-0.05, 0) is 56.7 Å². The number of phenols is 2. The Hall–Kier alpha value is -10.1. The van der Waals surface area contributed by atoms with Gasteiger partial charge >= 0.3 is 18.1 Å². The first-order chi connectivity index (χ1) is 52.8. The minimum atomic E-state index is -2.49. The number of imide groups is 1. The lowest BCUT2D eigenvalue weighted by molar-refractivity contribution is -0.249. The predicted octanol–water partition coefficient (Wildman–Crippen LogP) is -0.717. The Morgan fingerprint density at radius 1 is 0.775 bits per heavy atom. The minimum Gasteiger partial charge on any atom is -0.507 e. The van der Waals surface area contributed by atoms with E-state index >= 15 is 0 Å². The van der Waals surface area contributed by atoms with Crippen LogP contribution in [0, 0.1) is 5.92 Å². The topological polar surface area (TPSA) is 560 Å². The number of primary amides is 1. The van der Waals surface area contributed by atoms with Crippen molar-refractivity contribution in [2.45, 2.75) is 159 Å². The number of nitrogens with two attached hydrogens (primary N) is 1. The zero-order valence-corrected chi connectivity index (χ0v) is 62.9. The highest BCUT2D eigenvalue weighted by molar-refractivity contribution is 8.00. The third kappa shape index (κ3) is 24.4. The maximum absolute atomic E-state index is 14.2. The second-order valence-corrected chi connectivity index (χ2v) is 28.1. The lowest BCUT2D eigenvalue weighted by atomic mass is 9.72. The van der Waals surface area contributed by atoms with E-state index in [4.69, 9.17) is 43.6 Å². The molecule has 0 radical (unpaired) electrons. The zero-order valence-electron chi connectivity index (χ0n) is 62.1. The van der Waals surface area contributed by atoms with Crippen LogP contribution in [0.25, 0.3) is 0 Å². The molecule has 608 valence electrons. The minimum absolute atomic E-state index is 0.0136. The third-order valence-corrected chi connectivity index (χ3v) is 19.5. The fraction of sp³-hybridized carbons (Fsp3) is 0.556. The monoisotopic (exact) mass is 1580 g/mol. The van der Waals surface area contributed by atoms with Crippen molar-refractivity contribution in [3.63, 3.8) is 0 Å². The largest absolute Gasteiger partial charge is 0.507 e. The van der Waals surface area contributed by atoms with Crippen molar-refractivity contribution < 1.29 is 136 Å². The quantitative estimate of drug-likeness (QED) is 0.0148. The average molecular weight is 1580 g/mol. The summed E-state index contributed by atoms with van der Waals surface area (Å²) < 4.78 is 46.0. The van der Waals surface area contributed by atoms with Gasteiger partial charge in [-0.15, -0.1) is 11.8 Å². The summed E-state index contributed by atoms with van der Waals surface area (Å²) in [5, 5.41) is 86.1. The van der Waals surface area contributed by atoms with Gasteiger partial charge in [0.1, 0.15) is 66.0 Å². The van der Waals surface area contributed by atoms with Crippen LogP contribution >= 0.6 is 11.8 Å². The van der Waals surface area contributed by atoms with Crippen molar-refractivity contribution >= 4 is 100 Å². The molecule has 0 saturated carbocycles. The van der Waals surface area contributed by atoms with Gasteiger partial charge in [-0.3, -0.25) is 57.6 Å². The van der Waals surface area contributed by atoms with Crippen LogP contribution in [0.2, 0.25) is 0 Å². The first-order valence-corrected chi connectivity index (χ1v) is 36.9. The summed E-state index contributed by atoms with van der Waals surface area (Å²) in [5.41, 5.74) is 0.669. The molecule has 39 heteroatoms. The number of aromatic hydroxyl groups is 2. The number of carbonyl (C=O) groups is 14. The number of phenolic OH excluding ortho intramolecular Hbond substituents is 2. The van der Waals surface area contributed by atoms with Crippen LogP contribution in [-0.2, 0) is 89.4 Å². The molecule has 2 saturated heterocycles. The standard InChI is InChI=1S/C72H96N10O28S/c1-36(2)60(78-39(5)85)67(96)80-44(12-8-17-76-70(73)100)66(95)79-41-15-14-40(48(27-41)107-34-53(88)75-19-10-22-105-24-26-106-25-23-104-21-9-18-74-52(87)16-20-82-54(89)29-50(68(82)97)111-35-46(69(98)99)77-38(4)84)33-108-71(101)81-45-28-55(109-37(3)61(45)90)110-49-31-72(102,51(86)32-83)30-43-57(49)65(94)59-58(63(43)92)62(91)42-11-7-13-47(103-6)56(42)64(59)93/h7,11,13-15,27,36-37,44-46,49-50,55,60-61,83,90,92,94,102H,8-10,12,16-26,28-35H2,1-6H3,(H,74,87)(H,75,88)(H,77,84)(H,78,85)(H,79,95)(H,80,96)(H,81,101)(H,98,99)(H3,73,76,100)/t37-,44-,45-,46-,49-,50?,55-,60-,61+,72-/m0/s1. The number of carbonyl (C=O) groups excluding carboxylic acids is 13. The zero-order chi connectivity index (χ0) is 81.4. The molecule has 38 nitrogen and oxygen atoms in total. The summed E-state index contributed by atoms with van der Waals surface area (Å²) >= 11 is 0.946. The first-order valence-electron chi connectivity index (χ1n) is 35.8. The van der Waals surface area contributed by atoms with Crippen LogP contribution in [0.15, 0.2) is 36.4 Å². The number of anilines is 1. The highest BCUT2D eigenvalue weighted by Crippen LogP contribution is 2.53.